The molecule has 28 heavy (non-hydrogen) atoms. The summed E-state index contributed by atoms with van der Waals surface area (Å²) in [5.74, 6) is 0.547. The summed E-state index contributed by atoms with van der Waals surface area (Å²) in [6, 6.07) is 10.4. The molecule has 2 aromatic rings. The molecule has 0 aliphatic carbocycles. The summed E-state index contributed by atoms with van der Waals surface area (Å²) in [5.41, 5.74) is 6.93. The Bertz CT molecular complexity index is 864. The van der Waals surface area contributed by atoms with Crippen LogP contribution >= 0.6 is 0 Å². The Labute approximate surface area is 164 Å². The molecule has 2 N–H and O–H groups in total. The molecule has 0 unspecified atom stereocenters. The zero-order chi connectivity index (χ0) is 20.5. The highest BCUT2D eigenvalue weighted by atomic mass is 16.5. The monoisotopic (exact) mass is 384 g/mol. The summed E-state index contributed by atoms with van der Waals surface area (Å²) < 4.78 is 16.2. The fourth-order valence-electron chi connectivity index (χ4n) is 2.32. The second-order valence-electron chi connectivity index (χ2n) is 6.03. The predicted octanol–water partition coefficient (Wildman–Crippen LogP) is 2.72. The third-order valence-corrected chi connectivity index (χ3v) is 3.80. The lowest BCUT2D eigenvalue weighted by atomic mass is 10.1. The van der Waals surface area contributed by atoms with Crippen LogP contribution in [0, 0.1) is 13.8 Å². The van der Waals surface area contributed by atoms with Crippen molar-refractivity contribution in [3.05, 3.63) is 65.7 Å². The van der Waals surface area contributed by atoms with Gasteiger partial charge in [0.05, 0.1) is 7.11 Å². The molecule has 0 atom stereocenters. The van der Waals surface area contributed by atoms with Gasteiger partial charge in [-0.15, -0.1) is 0 Å². The normalized spacial score (nSPS) is 9.96. The Morgan fingerprint density at radius 2 is 1.79 bits per heavy atom. The Hall–Kier alpha value is -3.48. The number of hydrogen-bond donors (Lipinski definition) is 2. The van der Waals surface area contributed by atoms with Crippen molar-refractivity contribution in [3.63, 3.8) is 0 Å². The number of hydrogen-bond acceptors (Lipinski definition) is 5. The second kappa shape index (κ2) is 10.0. The van der Waals surface area contributed by atoms with Crippen LogP contribution < -0.4 is 25.1 Å². The van der Waals surface area contributed by atoms with E-state index in [0.717, 1.165) is 11.1 Å². The fraction of sp³-hybridized carbons (Fsp3) is 0.238. The van der Waals surface area contributed by atoms with Crippen molar-refractivity contribution in [2.75, 3.05) is 20.3 Å². The fourth-order valence-corrected chi connectivity index (χ4v) is 2.32. The van der Waals surface area contributed by atoms with Crippen molar-refractivity contribution in [3.8, 4) is 17.2 Å². The quantitative estimate of drug-likeness (QED) is 0.540. The number of methoxy groups -OCH3 is 1. The van der Waals surface area contributed by atoms with Crippen molar-refractivity contribution >= 4 is 11.8 Å². The molecule has 0 radical (unpaired) electrons. The van der Waals surface area contributed by atoms with Crippen molar-refractivity contribution in [2.24, 2.45) is 0 Å². The lowest BCUT2D eigenvalue weighted by Crippen LogP contribution is -2.43. The molecule has 0 heterocycles. The average molecular weight is 384 g/mol. The molecule has 7 heteroatoms. The minimum atomic E-state index is -0.492. The Morgan fingerprint density at radius 3 is 2.50 bits per heavy atom. The van der Waals surface area contributed by atoms with Crippen molar-refractivity contribution < 1.29 is 23.8 Å². The standard InChI is InChI=1S/C21H24N2O5/c1-5-10-27-17-9-8-16(12-19(17)26-4)21(25)23-22-20(24)13-28-18-11-14(2)6-7-15(18)3/h5-9,11-12H,1,10,13H2,2-4H3,(H,22,24)(H,23,25). The van der Waals surface area contributed by atoms with E-state index in [1.165, 1.54) is 13.2 Å². The Balaban J connectivity index is 1.89. The molecule has 148 valence electrons. The smallest absolute Gasteiger partial charge is 0.276 e. The number of ether oxygens (including phenoxy) is 3. The van der Waals surface area contributed by atoms with Crippen molar-refractivity contribution in [2.45, 2.75) is 13.8 Å². The molecule has 2 rings (SSSR count). The molecule has 0 aromatic heterocycles. The molecule has 7 nitrogen and oxygen atoms in total. The van der Waals surface area contributed by atoms with Crippen LogP contribution in [0.2, 0.25) is 0 Å². The molecule has 2 aromatic carbocycles. The molecular formula is C21H24N2O5. The Kier molecular flexibility index (Phi) is 7.45. The largest absolute Gasteiger partial charge is 0.493 e. The summed E-state index contributed by atoms with van der Waals surface area (Å²) in [7, 11) is 1.48. The number of aryl methyl sites for hydroxylation is 2. The van der Waals surface area contributed by atoms with Gasteiger partial charge in [0.2, 0.25) is 0 Å². The number of benzene rings is 2. The summed E-state index contributed by atoms with van der Waals surface area (Å²) in [6.07, 6.45) is 1.61. The number of amides is 2. The van der Waals surface area contributed by atoms with E-state index in [9.17, 15) is 9.59 Å². The average Bonchev–Trinajstić information content (AvgIpc) is 2.70. The molecular weight excluding hydrogens is 360 g/mol. The van der Waals surface area contributed by atoms with E-state index < -0.39 is 11.8 Å². The highest BCUT2D eigenvalue weighted by Gasteiger charge is 2.12. The molecule has 0 aliphatic rings. The zero-order valence-corrected chi connectivity index (χ0v) is 16.2. The van der Waals surface area contributed by atoms with Gasteiger partial charge in [0, 0.05) is 5.56 Å². The third-order valence-electron chi connectivity index (χ3n) is 3.80. The van der Waals surface area contributed by atoms with Crippen LogP contribution in [0.4, 0.5) is 0 Å². The summed E-state index contributed by atoms with van der Waals surface area (Å²) >= 11 is 0. The number of carbonyl (C=O) groups is 2. The van der Waals surface area contributed by atoms with Crippen LogP contribution in [0.25, 0.3) is 0 Å². The van der Waals surface area contributed by atoms with E-state index in [-0.39, 0.29) is 6.61 Å². The third kappa shape index (κ3) is 5.77. The summed E-state index contributed by atoms with van der Waals surface area (Å²) in [5, 5.41) is 0. The maximum atomic E-state index is 12.2. The Morgan fingerprint density at radius 1 is 1.00 bits per heavy atom. The van der Waals surface area contributed by atoms with E-state index in [4.69, 9.17) is 14.2 Å². The van der Waals surface area contributed by atoms with Gasteiger partial charge in [-0.1, -0.05) is 24.8 Å². The summed E-state index contributed by atoms with van der Waals surface area (Å²) in [4.78, 5) is 24.2. The molecule has 0 bridgehead atoms. The van der Waals surface area contributed by atoms with Crippen LogP contribution in [0.1, 0.15) is 21.5 Å². The first-order valence-electron chi connectivity index (χ1n) is 8.65. The lowest BCUT2D eigenvalue weighted by Gasteiger charge is -2.12. The first-order chi connectivity index (χ1) is 13.4. The van der Waals surface area contributed by atoms with Crippen LogP contribution in [0.3, 0.4) is 0 Å². The van der Waals surface area contributed by atoms with Crippen LogP contribution in [-0.2, 0) is 4.79 Å². The topological polar surface area (TPSA) is 85.9 Å². The van der Waals surface area contributed by atoms with E-state index >= 15 is 0 Å². The van der Waals surface area contributed by atoms with Gasteiger partial charge in [-0.2, -0.15) is 0 Å². The zero-order valence-electron chi connectivity index (χ0n) is 16.2. The van der Waals surface area contributed by atoms with Gasteiger partial charge < -0.3 is 14.2 Å². The molecule has 0 spiro atoms. The van der Waals surface area contributed by atoms with Gasteiger partial charge in [0.1, 0.15) is 12.4 Å². The highest BCUT2D eigenvalue weighted by molar-refractivity contribution is 5.96. The van der Waals surface area contributed by atoms with Gasteiger partial charge in [-0.25, -0.2) is 0 Å². The SMILES string of the molecule is C=CCOc1ccc(C(=O)NNC(=O)COc2cc(C)ccc2C)cc1OC. The van der Waals surface area contributed by atoms with Crippen molar-refractivity contribution in [1.82, 2.24) is 10.9 Å². The number of nitrogens with one attached hydrogen (secondary N) is 2. The van der Waals surface area contributed by atoms with E-state index in [0.29, 0.717) is 29.4 Å². The number of hydrazine groups is 1. The molecule has 0 saturated heterocycles. The molecule has 2 amide bonds. The second-order valence-corrected chi connectivity index (χ2v) is 6.03. The molecule has 0 fully saturated rings. The summed E-state index contributed by atoms with van der Waals surface area (Å²) in [6.45, 7) is 7.51. The minimum Gasteiger partial charge on any atom is -0.493 e. The maximum absolute atomic E-state index is 12.2. The van der Waals surface area contributed by atoms with Crippen LogP contribution in [0.5, 0.6) is 17.2 Å². The minimum absolute atomic E-state index is 0.220. The van der Waals surface area contributed by atoms with Gasteiger partial charge in [0.15, 0.2) is 18.1 Å². The van der Waals surface area contributed by atoms with Gasteiger partial charge in [0.25, 0.3) is 11.8 Å². The van der Waals surface area contributed by atoms with Crippen LogP contribution in [-0.4, -0.2) is 32.1 Å². The predicted molar refractivity (Wildman–Crippen MR) is 106 cm³/mol. The number of rotatable bonds is 8. The van der Waals surface area contributed by atoms with Gasteiger partial charge >= 0.3 is 0 Å². The number of carbonyl (C=O) groups excluding carboxylic acids is 2. The van der Waals surface area contributed by atoms with Crippen LogP contribution in [0.15, 0.2) is 49.1 Å². The van der Waals surface area contributed by atoms with Crippen molar-refractivity contribution in [1.29, 1.82) is 0 Å². The molecule has 0 aliphatic heterocycles. The lowest BCUT2D eigenvalue weighted by molar-refractivity contribution is -0.123. The van der Waals surface area contributed by atoms with E-state index in [2.05, 4.69) is 17.4 Å². The van der Waals surface area contributed by atoms with Gasteiger partial charge in [-0.3, -0.25) is 20.4 Å². The first kappa shape index (κ1) is 20.8. The van der Waals surface area contributed by atoms with E-state index in [1.807, 2.05) is 32.0 Å². The highest BCUT2D eigenvalue weighted by Crippen LogP contribution is 2.28. The van der Waals surface area contributed by atoms with Gasteiger partial charge in [-0.05, 0) is 49.2 Å². The maximum Gasteiger partial charge on any atom is 0.276 e. The molecule has 0 saturated carbocycles. The van der Waals surface area contributed by atoms with E-state index in [1.54, 1.807) is 18.2 Å². The first-order valence-corrected chi connectivity index (χ1v) is 8.65.